The number of nitrogens with one attached hydrogen (secondary N) is 1. The van der Waals surface area contributed by atoms with Crippen LogP contribution in [0.15, 0.2) is 61.3 Å². The maximum atomic E-state index is 13.8. The standard InChI is InChI=1S/C31H36N8O2/c1-5-27(40)38-14-13-26(25-8-6-7-21(2)28(25)38)39-20-22-19-32-30(34-29(22)36(4)31(39)41)33-23-9-11-24(12-10-23)37-17-15-35(3)16-18-37/h5-12,19,26H,1,13-18,20H2,2-4H3,(H,32,33,34)/i26D. The topological polar surface area (TPSA) is 88.2 Å². The highest BCUT2D eigenvalue weighted by molar-refractivity contribution is 6.03. The number of likely N-dealkylation sites (N-methyl/N-ethyl adjacent to an activating group) is 1. The number of fused-ring (bicyclic) bond motifs is 2. The van der Waals surface area contributed by atoms with E-state index in [0.717, 1.165) is 43.0 Å². The van der Waals surface area contributed by atoms with E-state index in [2.05, 4.69) is 50.8 Å². The summed E-state index contributed by atoms with van der Waals surface area (Å²) >= 11 is 0. The van der Waals surface area contributed by atoms with E-state index in [0.29, 0.717) is 29.6 Å². The van der Waals surface area contributed by atoms with Crippen molar-refractivity contribution in [1.29, 1.82) is 0 Å². The molecule has 0 radical (unpaired) electrons. The molecule has 41 heavy (non-hydrogen) atoms. The molecule has 6 rings (SSSR count). The Bertz CT molecular complexity index is 1540. The fourth-order valence-electron chi connectivity index (χ4n) is 5.86. The molecule has 0 aliphatic carbocycles. The molecule has 2 aromatic carbocycles. The number of urea groups is 1. The number of rotatable bonds is 5. The molecule has 10 nitrogen and oxygen atoms in total. The van der Waals surface area contributed by atoms with Crippen molar-refractivity contribution >= 4 is 40.8 Å². The van der Waals surface area contributed by atoms with Gasteiger partial charge in [-0.05, 0) is 61.9 Å². The SMILES string of the molecule is [2H]C1(N2Cc3cnc(Nc4ccc(N5CCN(C)CC5)cc4)nc3N(C)C2=O)CCN(C(=O)C=C)c2c(C)cccc21. The minimum Gasteiger partial charge on any atom is -0.369 e. The van der Waals surface area contributed by atoms with Crippen LogP contribution in [0.3, 0.4) is 0 Å². The molecule has 1 N–H and O–H groups in total. The molecule has 10 heteroatoms. The van der Waals surface area contributed by atoms with Crippen LogP contribution in [0.2, 0.25) is 0 Å². The molecule has 0 spiro atoms. The Kier molecular flexibility index (Phi) is 6.76. The first-order valence-electron chi connectivity index (χ1n) is 14.5. The number of carbonyl (C=O) groups excluding carboxylic acids is 2. The number of hydrogen-bond donors (Lipinski definition) is 1. The number of piperazine rings is 1. The highest BCUT2D eigenvalue weighted by Gasteiger charge is 2.39. The van der Waals surface area contributed by atoms with Gasteiger partial charge in [-0.3, -0.25) is 9.69 Å². The Balaban J connectivity index is 1.24. The first-order valence-corrected chi connectivity index (χ1v) is 14.0. The zero-order chi connectivity index (χ0) is 29.6. The number of aryl methyl sites for hydroxylation is 1. The molecule has 4 heterocycles. The smallest absolute Gasteiger partial charge is 0.326 e. The van der Waals surface area contributed by atoms with Gasteiger partial charge >= 0.3 is 6.03 Å². The third-order valence-corrected chi connectivity index (χ3v) is 8.15. The van der Waals surface area contributed by atoms with Gasteiger partial charge in [0.1, 0.15) is 5.82 Å². The van der Waals surface area contributed by atoms with E-state index in [1.165, 1.54) is 16.7 Å². The number of hydrogen-bond acceptors (Lipinski definition) is 7. The van der Waals surface area contributed by atoms with Gasteiger partial charge in [0.15, 0.2) is 0 Å². The molecule has 1 aromatic heterocycles. The quantitative estimate of drug-likeness (QED) is 0.471. The molecule has 3 aliphatic rings. The van der Waals surface area contributed by atoms with Crippen molar-refractivity contribution < 1.29 is 11.0 Å². The third-order valence-electron chi connectivity index (χ3n) is 8.15. The Morgan fingerprint density at radius 3 is 2.59 bits per heavy atom. The largest absolute Gasteiger partial charge is 0.369 e. The highest BCUT2D eigenvalue weighted by Crippen LogP contribution is 2.42. The maximum Gasteiger partial charge on any atom is 0.326 e. The molecule has 0 saturated carbocycles. The second-order valence-corrected chi connectivity index (χ2v) is 10.8. The molecule has 3 amide bonds. The van der Waals surface area contributed by atoms with Gasteiger partial charge in [-0.15, -0.1) is 0 Å². The van der Waals surface area contributed by atoms with Gasteiger partial charge in [-0.1, -0.05) is 24.8 Å². The summed E-state index contributed by atoms with van der Waals surface area (Å²) < 4.78 is 9.59. The molecule has 0 bridgehead atoms. The lowest BCUT2D eigenvalue weighted by molar-refractivity contribution is -0.114. The second kappa shape index (κ2) is 10.9. The van der Waals surface area contributed by atoms with Crippen LogP contribution >= 0.6 is 0 Å². The number of amides is 3. The molecule has 3 aliphatic heterocycles. The van der Waals surface area contributed by atoms with Gasteiger partial charge in [0.05, 0.1) is 19.6 Å². The van der Waals surface area contributed by atoms with Crippen LogP contribution in [0, 0.1) is 6.92 Å². The van der Waals surface area contributed by atoms with Crippen LogP contribution in [-0.4, -0.2) is 78.5 Å². The van der Waals surface area contributed by atoms with E-state index < -0.39 is 6.02 Å². The lowest BCUT2D eigenvalue weighted by Crippen LogP contribution is -2.49. The van der Waals surface area contributed by atoms with Crippen molar-refractivity contribution in [3.63, 3.8) is 0 Å². The summed E-state index contributed by atoms with van der Waals surface area (Å²) in [5.74, 6) is 0.685. The average Bonchev–Trinajstić information content (AvgIpc) is 3.00. The molecule has 1 unspecified atom stereocenters. The Labute approximate surface area is 242 Å². The number of aromatic nitrogens is 2. The maximum absolute atomic E-state index is 13.8. The average molecular weight is 554 g/mol. The van der Waals surface area contributed by atoms with Crippen molar-refractivity contribution in [3.8, 4) is 0 Å². The van der Waals surface area contributed by atoms with E-state index in [9.17, 15) is 11.0 Å². The molecular weight excluding hydrogens is 516 g/mol. The molecular formula is C31H36N8O2. The van der Waals surface area contributed by atoms with E-state index in [-0.39, 0.29) is 24.9 Å². The van der Waals surface area contributed by atoms with Crippen LogP contribution in [-0.2, 0) is 11.3 Å². The highest BCUT2D eigenvalue weighted by atomic mass is 16.2. The van der Waals surface area contributed by atoms with Crippen molar-refractivity contribution in [1.82, 2.24) is 19.8 Å². The fourth-order valence-corrected chi connectivity index (χ4v) is 5.86. The first kappa shape index (κ1) is 25.5. The van der Waals surface area contributed by atoms with Gasteiger partial charge in [-0.25, -0.2) is 9.78 Å². The number of benzene rings is 2. The minimum atomic E-state index is -1.37. The summed E-state index contributed by atoms with van der Waals surface area (Å²) in [7, 11) is 3.82. The molecule has 212 valence electrons. The number of carbonyl (C=O) groups is 2. The molecule has 1 saturated heterocycles. The summed E-state index contributed by atoms with van der Waals surface area (Å²) in [5, 5.41) is 3.27. The fraction of sp³-hybridized carbons (Fsp3) is 0.355. The Hall–Kier alpha value is -4.44. The van der Waals surface area contributed by atoms with Crippen molar-refractivity contribution in [2.24, 2.45) is 0 Å². The van der Waals surface area contributed by atoms with Crippen molar-refractivity contribution in [2.45, 2.75) is 25.9 Å². The van der Waals surface area contributed by atoms with Crippen LogP contribution in [0.4, 0.5) is 33.6 Å². The first-order chi connectivity index (χ1) is 20.2. The lowest BCUT2D eigenvalue weighted by Gasteiger charge is -2.43. The van der Waals surface area contributed by atoms with Crippen LogP contribution in [0.5, 0.6) is 0 Å². The molecule has 1 atom stereocenters. The monoisotopic (exact) mass is 553 g/mol. The van der Waals surface area contributed by atoms with Crippen LogP contribution in [0.1, 0.15) is 30.5 Å². The molecule has 1 fully saturated rings. The van der Waals surface area contributed by atoms with E-state index >= 15 is 0 Å². The van der Waals surface area contributed by atoms with Crippen LogP contribution < -0.4 is 20.0 Å². The van der Waals surface area contributed by atoms with Gasteiger partial charge in [0.2, 0.25) is 11.9 Å². The summed E-state index contributed by atoms with van der Waals surface area (Å²) in [5.41, 5.74) is 4.95. The Morgan fingerprint density at radius 2 is 1.85 bits per heavy atom. The number of para-hydroxylation sites is 1. The zero-order valence-electron chi connectivity index (χ0n) is 24.8. The lowest BCUT2D eigenvalue weighted by atomic mass is 9.91. The summed E-state index contributed by atoms with van der Waals surface area (Å²) in [6.07, 6.45) is 3.27. The molecule has 3 aromatic rings. The Morgan fingerprint density at radius 1 is 1.10 bits per heavy atom. The third kappa shape index (κ3) is 4.99. The summed E-state index contributed by atoms with van der Waals surface area (Å²) in [6, 6.07) is 12.1. The van der Waals surface area contributed by atoms with Gasteiger partial charge in [-0.2, -0.15) is 4.98 Å². The normalized spacial score (nSPS) is 21.2. The summed E-state index contributed by atoms with van der Waals surface area (Å²) in [6.45, 7) is 10.1. The van der Waals surface area contributed by atoms with Gasteiger partial charge < -0.3 is 24.9 Å². The van der Waals surface area contributed by atoms with Crippen molar-refractivity contribution in [2.75, 3.05) is 66.8 Å². The summed E-state index contributed by atoms with van der Waals surface area (Å²) in [4.78, 5) is 45.1. The van der Waals surface area contributed by atoms with E-state index in [1.54, 1.807) is 23.0 Å². The number of nitrogens with zero attached hydrogens (tertiary/aromatic N) is 7. The number of anilines is 5. The predicted octanol–water partition coefficient (Wildman–Crippen LogP) is 4.32. The van der Waals surface area contributed by atoms with E-state index in [1.807, 2.05) is 37.3 Å². The van der Waals surface area contributed by atoms with Crippen LogP contribution in [0.25, 0.3) is 0 Å². The zero-order valence-corrected chi connectivity index (χ0v) is 23.8. The van der Waals surface area contributed by atoms with Gasteiger partial charge in [0, 0.05) is 62.9 Å². The van der Waals surface area contributed by atoms with Crippen molar-refractivity contribution in [3.05, 3.63) is 78.0 Å². The van der Waals surface area contributed by atoms with E-state index in [4.69, 9.17) is 0 Å². The second-order valence-electron chi connectivity index (χ2n) is 10.8. The van der Waals surface area contributed by atoms with Gasteiger partial charge in [0.25, 0.3) is 0 Å². The predicted molar refractivity (Wildman–Crippen MR) is 162 cm³/mol. The minimum absolute atomic E-state index is 0.185.